The number of rotatable bonds is 10. The number of imide groups is 1. The van der Waals surface area contributed by atoms with Gasteiger partial charge in [-0.15, -0.1) is 6.58 Å². The number of hydrogen-bond acceptors (Lipinski definition) is 8. The van der Waals surface area contributed by atoms with Gasteiger partial charge in [0, 0.05) is 57.8 Å². The Bertz CT molecular complexity index is 1240. The maximum atomic E-state index is 12.9. The second-order valence-corrected chi connectivity index (χ2v) is 14.3. The number of carbonyl (C=O) groups excluding carboxylic acids is 4. The molecule has 0 radical (unpaired) electrons. The Hall–Kier alpha value is -3.48. The molecule has 1 aromatic rings. The number of amides is 5. The van der Waals surface area contributed by atoms with Crippen LogP contribution in [0.2, 0.25) is 0 Å². The minimum absolute atomic E-state index is 0.0436. The first-order chi connectivity index (χ1) is 25.0. The Kier molecular flexibility index (Phi) is 21.2. The Labute approximate surface area is 313 Å². The van der Waals surface area contributed by atoms with E-state index in [1.807, 2.05) is 38.7 Å². The van der Waals surface area contributed by atoms with Crippen molar-refractivity contribution < 1.29 is 23.9 Å². The van der Waals surface area contributed by atoms with E-state index in [0.29, 0.717) is 55.5 Å². The Balaban J connectivity index is 0.000000838. The molecule has 4 aliphatic rings. The number of allylic oxidation sites excluding steroid dienone is 1. The van der Waals surface area contributed by atoms with Crippen molar-refractivity contribution in [3.05, 3.63) is 36.4 Å². The quantitative estimate of drug-likeness (QED) is 0.288. The van der Waals surface area contributed by atoms with Crippen molar-refractivity contribution in [3.63, 3.8) is 0 Å². The number of anilines is 1. The zero-order valence-electron chi connectivity index (χ0n) is 33.1. The highest BCUT2D eigenvalue weighted by atomic mass is 16.5. The zero-order valence-corrected chi connectivity index (χ0v) is 33.1. The van der Waals surface area contributed by atoms with Gasteiger partial charge in [-0.2, -0.15) is 0 Å². The van der Waals surface area contributed by atoms with Crippen molar-refractivity contribution in [2.45, 2.75) is 99.0 Å². The summed E-state index contributed by atoms with van der Waals surface area (Å²) in [5.41, 5.74) is 6.73. The summed E-state index contributed by atoms with van der Waals surface area (Å²) in [6.45, 7) is 23.0. The minimum Gasteiger partial charge on any atom is -0.484 e. The van der Waals surface area contributed by atoms with E-state index < -0.39 is 6.03 Å². The van der Waals surface area contributed by atoms with Crippen LogP contribution in [0.15, 0.2) is 30.9 Å². The summed E-state index contributed by atoms with van der Waals surface area (Å²) in [6, 6.07) is 5.34. The van der Waals surface area contributed by atoms with Crippen LogP contribution in [0.4, 0.5) is 10.5 Å². The second kappa shape index (κ2) is 24.7. The van der Waals surface area contributed by atoms with E-state index in [2.05, 4.69) is 40.9 Å². The summed E-state index contributed by atoms with van der Waals surface area (Å²) in [4.78, 5) is 57.3. The molecule has 3 heterocycles. The highest BCUT2D eigenvalue weighted by Gasteiger charge is 2.28. The molecular weight excluding hydrogens is 658 g/mol. The van der Waals surface area contributed by atoms with E-state index in [0.717, 1.165) is 70.5 Å². The lowest BCUT2D eigenvalue weighted by molar-refractivity contribution is -0.135. The average molecular weight is 728 g/mol. The first-order valence-corrected chi connectivity index (χ1v) is 19.7. The molecule has 4 fully saturated rings. The third kappa shape index (κ3) is 16.0. The second-order valence-electron chi connectivity index (χ2n) is 14.3. The lowest BCUT2D eigenvalue weighted by Gasteiger charge is -2.38. The van der Waals surface area contributed by atoms with Gasteiger partial charge in [-0.05, 0) is 82.6 Å². The summed E-state index contributed by atoms with van der Waals surface area (Å²) in [5, 5.41) is 5.58. The summed E-state index contributed by atoms with van der Waals surface area (Å²) in [6.07, 6.45) is 10.2. The van der Waals surface area contributed by atoms with Gasteiger partial charge < -0.3 is 20.7 Å². The van der Waals surface area contributed by atoms with Crippen molar-refractivity contribution in [2.75, 3.05) is 77.0 Å². The molecule has 0 atom stereocenters. The molecule has 1 saturated carbocycles. The standard InChI is InChI=1S/C31H46N6O5.C4H11N.C3H6.C2H6/c1-23-7-8-26(19-27(23)37-14-11-28(38)33-31(37)41)42-22-30(40)36-17-15-35(16-18-36)20-24-9-12-34(13-10-24)21-29(39)32-25-5-3-2-4-6-25;1-4(2)3-5;1-3-2;1-2/h7-8,19,24-25H,2-6,9-18,20-22H2,1H3,(H,32,39)(H,33,38,41);4H,3,5H2,1-2H3;3H,1H2,2H3;1-2H3. The van der Waals surface area contributed by atoms with E-state index in [-0.39, 0.29) is 30.7 Å². The van der Waals surface area contributed by atoms with Crippen molar-refractivity contribution >= 4 is 29.4 Å². The van der Waals surface area contributed by atoms with E-state index in [1.165, 1.54) is 24.2 Å². The van der Waals surface area contributed by atoms with Crippen LogP contribution >= 0.6 is 0 Å². The smallest absolute Gasteiger partial charge is 0.328 e. The molecular formula is C40H69N7O5. The number of piperidine rings is 1. The maximum Gasteiger partial charge on any atom is 0.328 e. The third-order valence-corrected chi connectivity index (χ3v) is 9.65. The van der Waals surface area contributed by atoms with Crippen molar-refractivity contribution in [1.29, 1.82) is 0 Å². The number of hydrogen-bond donors (Lipinski definition) is 3. The van der Waals surface area contributed by atoms with Gasteiger partial charge in [0.2, 0.25) is 11.8 Å². The summed E-state index contributed by atoms with van der Waals surface area (Å²) < 4.78 is 5.83. The van der Waals surface area contributed by atoms with Crippen molar-refractivity contribution in [1.82, 2.24) is 25.3 Å². The Morgan fingerprint density at radius 1 is 0.981 bits per heavy atom. The predicted octanol–water partition coefficient (Wildman–Crippen LogP) is 4.94. The molecule has 0 unspecified atom stereocenters. The van der Waals surface area contributed by atoms with Crippen LogP contribution in [0.5, 0.6) is 5.75 Å². The van der Waals surface area contributed by atoms with Gasteiger partial charge in [-0.1, -0.05) is 59.1 Å². The number of urea groups is 1. The molecule has 4 N–H and O–H groups in total. The number of nitrogens with two attached hydrogens (primary N) is 1. The largest absolute Gasteiger partial charge is 0.484 e. The first kappa shape index (κ1) is 44.7. The number of aryl methyl sites for hydroxylation is 1. The fraction of sp³-hybridized carbons (Fsp3) is 0.700. The fourth-order valence-corrected chi connectivity index (χ4v) is 6.60. The maximum absolute atomic E-state index is 12.9. The topological polar surface area (TPSA) is 141 Å². The number of benzene rings is 1. The zero-order chi connectivity index (χ0) is 38.5. The Morgan fingerprint density at radius 2 is 1.60 bits per heavy atom. The van der Waals surface area contributed by atoms with Crippen LogP contribution in [0, 0.1) is 18.8 Å². The number of nitrogens with one attached hydrogen (secondary N) is 2. The summed E-state index contributed by atoms with van der Waals surface area (Å²) in [5.74, 6) is 1.67. The number of piperazine rings is 1. The van der Waals surface area contributed by atoms with Crippen LogP contribution in [-0.4, -0.2) is 117 Å². The van der Waals surface area contributed by atoms with Gasteiger partial charge in [-0.3, -0.25) is 34.4 Å². The molecule has 52 heavy (non-hydrogen) atoms. The molecule has 0 aromatic heterocycles. The molecule has 5 amide bonds. The van der Waals surface area contributed by atoms with E-state index in [9.17, 15) is 19.2 Å². The number of carbonyl (C=O) groups is 4. The molecule has 294 valence electrons. The molecule has 12 heteroatoms. The van der Waals surface area contributed by atoms with Crippen LogP contribution in [-0.2, 0) is 14.4 Å². The number of likely N-dealkylation sites (tertiary alicyclic amines) is 1. The van der Waals surface area contributed by atoms with E-state index in [1.54, 1.807) is 18.2 Å². The first-order valence-electron chi connectivity index (χ1n) is 19.7. The lowest BCUT2D eigenvalue weighted by Crippen LogP contribution is -2.51. The van der Waals surface area contributed by atoms with Crippen LogP contribution in [0.3, 0.4) is 0 Å². The monoisotopic (exact) mass is 728 g/mol. The number of ether oxygens (including phenoxy) is 1. The minimum atomic E-state index is -0.441. The van der Waals surface area contributed by atoms with Gasteiger partial charge >= 0.3 is 6.03 Å². The predicted molar refractivity (Wildman–Crippen MR) is 210 cm³/mol. The van der Waals surface area contributed by atoms with Crippen molar-refractivity contribution in [2.24, 2.45) is 17.6 Å². The molecule has 12 nitrogen and oxygen atoms in total. The Morgan fingerprint density at radius 3 is 2.17 bits per heavy atom. The van der Waals surface area contributed by atoms with Gasteiger partial charge in [0.25, 0.3) is 5.91 Å². The molecule has 0 bridgehead atoms. The lowest BCUT2D eigenvalue weighted by atomic mass is 9.95. The molecule has 5 rings (SSSR count). The van der Waals surface area contributed by atoms with Crippen LogP contribution in [0.25, 0.3) is 0 Å². The van der Waals surface area contributed by atoms with Crippen molar-refractivity contribution in [3.8, 4) is 5.75 Å². The van der Waals surface area contributed by atoms with E-state index >= 15 is 0 Å². The summed E-state index contributed by atoms with van der Waals surface area (Å²) in [7, 11) is 0. The SMILES string of the molecule is C=CC.CC.CC(C)CN.Cc1ccc(OCC(=O)N2CCN(CC3CCN(CC(=O)NC4CCCCC4)CC3)CC2)cc1N1CCC(=O)NC1=O. The normalized spacial score (nSPS) is 18.8. The third-order valence-electron chi connectivity index (χ3n) is 9.65. The van der Waals surface area contributed by atoms with E-state index in [4.69, 9.17) is 10.5 Å². The average Bonchev–Trinajstić information content (AvgIpc) is 3.14. The van der Waals surface area contributed by atoms with Gasteiger partial charge in [0.05, 0.1) is 12.2 Å². The number of nitrogens with zero attached hydrogens (tertiary/aromatic N) is 4. The fourth-order valence-electron chi connectivity index (χ4n) is 6.60. The highest BCUT2D eigenvalue weighted by molar-refractivity contribution is 6.06. The molecule has 1 aliphatic carbocycles. The molecule has 3 aliphatic heterocycles. The van der Waals surface area contributed by atoms with Gasteiger partial charge in [0.15, 0.2) is 6.61 Å². The van der Waals surface area contributed by atoms with Crippen LogP contribution < -0.4 is 26.0 Å². The van der Waals surface area contributed by atoms with Gasteiger partial charge in [0.1, 0.15) is 5.75 Å². The summed E-state index contributed by atoms with van der Waals surface area (Å²) >= 11 is 0. The van der Waals surface area contributed by atoms with Gasteiger partial charge in [-0.25, -0.2) is 4.79 Å². The molecule has 1 aromatic carbocycles. The molecule has 0 spiro atoms. The van der Waals surface area contributed by atoms with Crippen LogP contribution in [0.1, 0.15) is 91.5 Å². The highest BCUT2D eigenvalue weighted by Crippen LogP contribution is 2.27. The molecule has 3 saturated heterocycles.